The zero-order chi connectivity index (χ0) is 12.0. The first-order valence-electron chi connectivity index (χ1n) is 5.69. The molecule has 0 bridgehead atoms. The number of hydrogen-bond acceptors (Lipinski definition) is 3. The van der Waals surface area contributed by atoms with Gasteiger partial charge in [-0.25, -0.2) is 4.39 Å². The van der Waals surface area contributed by atoms with Crippen molar-refractivity contribution in [1.82, 2.24) is 4.90 Å². The monoisotopic (exact) mass is 225 g/mol. The number of benzene rings is 1. The Hall–Kier alpha value is -1.29. The third kappa shape index (κ3) is 3.38. The maximum Gasteiger partial charge on any atom is 0.148 e. The van der Waals surface area contributed by atoms with Crippen LogP contribution in [0, 0.1) is 5.82 Å². The summed E-state index contributed by atoms with van der Waals surface area (Å²) in [6, 6.07) is 4.82. The van der Waals surface area contributed by atoms with Crippen LogP contribution >= 0.6 is 0 Å². The highest BCUT2D eigenvalue weighted by molar-refractivity contribution is 5.66. The molecule has 0 aliphatic rings. The van der Waals surface area contributed by atoms with Crippen molar-refractivity contribution < 1.29 is 4.39 Å². The van der Waals surface area contributed by atoms with Gasteiger partial charge in [-0.05, 0) is 25.2 Å². The van der Waals surface area contributed by atoms with Gasteiger partial charge in [0.1, 0.15) is 5.82 Å². The number of rotatable bonds is 6. The van der Waals surface area contributed by atoms with Crippen molar-refractivity contribution >= 4 is 11.4 Å². The Labute approximate surface area is 96.4 Å². The molecule has 0 spiro atoms. The summed E-state index contributed by atoms with van der Waals surface area (Å²) in [6.07, 6.45) is 0. The Morgan fingerprint density at radius 2 is 2.00 bits per heavy atom. The van der Waals surface area contributed by atoms with Gasteiger partial charge < -0.3 is 16.0 Å². The first-order valence-corrected chi connectivity index (χ1v) is 5.69. The molecule has 0 amide bonds. The van der Waals surface area contributed by atoms with Crippen molar-refractivity contribution in [2.75, 3.05) is 37.2 Å². The summed E-state index contributed by atoms with van der Waals surface area (Å²) in [6.45, 7) is 8.01. The maximum atomic E-state index is 13.1. The number of halogens is 1. The van der Waals surface area contributed by atoms with Gasteiger partial charge in [-0.1, -0.05) is 19.9 Å². The highest BCUT2D eigenvalue weighted by atomic mass is 19.1. The van der Waals surface area contributed by atoms with Crippen molar-refractivity contribution in [3.05, 3.63) is 24.0 Å². The molecule has 0 aliphatic heterocycles. The molecule has 1 rings (SSSR count). The number of nitrogens with two attached hydrogens (primary N) is 1. The van der Waals surface area contributed by atoms with Gasteiger partial charge in [0.05, 0.1) is 11.4 Å². The van der Waals surface area contributed by atoms with E-state index in [9.17, 15) is 4.39 Å². The lowest BCUT2D eigenvalue weighted by Gasteiger charge is -2.18. The second-order valence-corrected chi connectivity index (χ2v) is 3.65. The fourth-order valence-corrected chi connectivity index (χ4v) is 1.58. The standard InChI is InChI=1S/C12H20FN3/c1-3-16(4-2)9-8-15-11-7-5-6-10(13)12(11)14/h5-7,15H,3-4,8-9,14H2,1-2H3. The summed E-state index contributed by atoms with van der Waals surface area (Å²) < 4.78 is 13.1. The zero-order valence-electron chi connectivity index (χ0n) is 9.96. The van der Waals surface area contributed by atoms with Gasteiger partial charge in [-0.2, -0.15) is 0 Å². The Kier molecular flexibility index (Phi) is 5.05. The number of nitrogens with zero attached hydrogens (tertiary/aromatic N) is 1. The second-order valence-electron chi connectivity index (χ2n) is 3.65. The SMILES string of the molecule is CCN(CC)CCNc1cccc(F)c1N. The summed E-state index contributed by atoms with van der Waals surface area (Å²) in [4.78, 5) is 2.29. The van der Waals surface area contributed by atoms with Gasteiger partial charge in [0, 0.05) is 13.1 Å². The third-order valence-corrected chi connectivity index (χ3v) is 2.69. The van der Waals surface area contributed by atoms with E-state index in [1.54, 1.807) is 12.1 Å². The molecule has 0 saturated heterocycles. The van der Waals surface area contributed by atoms with E-state index in [1.807, 2.05) is 0 Å². The lowest BCUT2D eigenvalue weighted by atomic mass is 10.2. The molecule has 4 heteroatoms. The van der Waals surface area contributed by atoms with Gasteiger partial charge in [0.25, 0.3) is 0 Å². The van der Waals surface area contributed by atoms with E-state index in [4.69, 9.17) is 5.73 Å². The highest BCUT2D eigenvalue weighted by Gasteiger charge is 2.04. The van der Waals surface area contributed by atoms with Crippen LogP contribution in [0.4, 0.5) is 15.8 Å². The first-order chi connectivity index (χ1) is 7.69. The smallest absolute Gasteiger partial charge is 0.148 e. The van der Waals surface area contributed by atoms with Crippen LogP contribution in [0.3, 0.4) is 0 Å². The molecule has 0 aliphatic carbocycles. The predicted octanol–water partition coefficient (Wildman–Crippen LogP) is 2.16. The summed E-state index contributed by atoms with van der Waals surface area (Å²) in [5, 5.41) is 3.15. The van der Waals surface area contributed by atoms with Crippen LogP contribution in [0.2, 0.25) is 0 Å². The van der Waals surface area contributed by atoms with Gasteiger partial charge in [0.2, 0.25) is 0 Å². The van der Waals surface area contributed by atoms with E-state index in [-0.39, 0.29) is 11.5 Å². The molecule has 3 N–H and O–H groups in total. The summed E-state index contributed by atoms with van der Waals surface area (Å²) >= 11 is 0. The van der Waals surface area contributed by atoms with Gasteiger partial charge >= 0.3 is 0 Å². The van der Waals surface area contributed by atoms with Crippen LogP contribution in [0.1, 0.15) is 13.8 Å². The van der Waals surface area contributed by atoms with Gasteiger partial charge in [-0.15, -0.1) is 0 Å². The fourth-order valence-electron chi connectivity index (χ4n) is 1.58. The molecule has 16 heavy (non-hydrogen) atoms. The Morgan fingerprint density at radius 3 is 2.62 bits per heavy atom. The molecule has 0 heterocycles. The second kappa shape index (κ2) is 6.33. The number of para-hydroxylation sites is 1. The van der Waals surface area contributed by atoms with Crippen LogP contribution in [0.25, 0.3) is 0 Å². The summed E-state index contributed by atoms with van der Waals surface area (Å²) in [7, 11) is 0. The summed E-state index contributed by atoms with van der Waals surface area (Å²) in [5.74, 6) is -0.368. The lowest BCUT2D eigenvalue weighted by molar-refractivity contribution is 0.316. The molecule has 1 aromatic rings. The quantitative estimate of drug-likeness (QED) is 0.729. The van der Waals surface area contributed by atoms with E-state index >= 15 is 0 Å². The molecule has 0 saturated carbocycles. The number of nitrogens with one attached hydrogen (secondary N) is 1. The van der Waals surface area contributed by atoms with E-state index in [1.165, 1.54) is 6.07 Å². The lowest BCUT2D eigenvalue weighted by Crippen LogP contribution is -2.28. The largest absolute Gasteiger partial charge is 0.395 e. The van der Waals surface area contributed by atoms with Crippen LogP contribution < -0.4 is 11.1 Å². The topological polar surface area (TPSA) is 41.3 Å². The average molecular weight is 225 g/mol. The number of hydrogen-bond donors (Lipinski definition) is 2. The van der Waals surface area contributed by atoms with Crippen molar-refractivity contribution in [2.45, 2.75) is 13.8 Å². The number of nitrogen functional groups attached to an aromatic ring is 1. The molecule has 0 fully saturated rings. The van der Waals surface area contributed by atoms with E-state index < -0.39 is 0 Å². The minimum absolute atomic E-state index is 0.196. The maximum absolute atomic E-state index is 13.1. The predicted molar refractivity (Wildman–Crippen MR) is 67.1 cm³/mol. The van der Waals surface area contributed by atoms with E-state index in [0.29, 0.717) is 5.69 Å². The molecule has 90 valence electrons. The van der Waals surface area contributed by atoms with Crippen LogP contribution in [0.15, 0.2) is 18.2 Å². The van der Waals surface area contributed by atoms with Crippen molar-refractivity contribution in [3.8, 4) is 0 Å². The molecule has 1 aromatic carbocycles. The van der Waals surface area contributed by atoms with Crippen molar-refractivity contribution in [2.24, 2.45) is 0 Å². The third-order valence-electron chi connectivity index (χ3n) is 2.69. The minimum atomic E-state index is -0.368. The van der Waals surface area contributed by atoms with Crippen molar-refractivity contribution in [1.29, 1.82) is 0 Å². The molecule has 3 nitrogen and oxygen atoms in total. The van der Waals surface area contributed by atoms with E-state index in [0.717, 1.165) is 26.2 Å². The highest BCUT2D eigenvalue weighted by Crippen LogP contribution is 2.20. The average Bonchev–Trinajstić information content (AvgIpc) is 2.30. The zero-order valence-corrected chi connectivity index (χ0v) is 9.96. The molecular formula is C12H20FN3. The van der Waals surface area contributed by atoms with E-state index in [2.05, 4.69) is 24.1 Å². The number of likely N-dealkylation sites (N-methyl/N-ethyl adjacent to an activating group) is 1. The molecule has 0 radical (unpaired) electrons. The number of anilines is 2. The van der Waals surface area contributed by atoms with Crippen molar-refractivity contribution in [3.63, 3.8) is 0 Å². The first kappa shape index (κ1) is 12.8. The molecule has 0 aromatic heterocycles. The molecule has 0 atom stereocenters. The van der Waals surface area contributed by atoms with Crippen LogP contribution in [0.5, 0.6) is 0 Å². The minimum Gasteiger partial charge on any atom is -0.395 e. The Balaban J connectivity index is 2.46. The Morgan fingerprint density at radius 1 is 1.31 bits per heavy atom. The normalized spacial score (nSPS) is 10.8. The molecule has 0 unspecified atom stereocenters. The van der Waals surface area contributed by atoms with Gasteiger partial charge in [0.15, 0.2) is 0 Å². The summed E-state index contributed by atoms with van der Waals surface area (Å²) in [5.41, 5.74) is 6.48. The van der Waals surface area contributed by atoms with Crippen LogP contribution in [-0.2, 0) is 0 Å². The van der Waals surface area contributed by atoms with Gasteiger partial charge in [-0.3, -0.25) is 0 Å². The van der Waals surface area contributed by atoms with Crippen LogP contribution in [-0.4, -0.2) is 31.1 Å². The molecular weight excluding hydrogens is 205 g/mol. The Bertz CT molecular complexity index is 324. The fraction of sp³-hybridized carbons (Fsp3) is 0.500.